The van der Waals surface area contributed by atoms with Gasteiger partial charge in [0.2, 0.25) is 0 Å². The summed E-state index contributed by atoms with van der Waals surface area (Å²) in [6.07, 6.45) is 1.69. The van der Waals surface area contributed by atoms with Crippen molar-refractivity contribution in [1.29, 1.82) is 0 Å². The lowest BCUT2D eigenvalue weighted by Crippen LogP contribution is -2.36. The molecule has 8 heteroatoms. The molecule has 1 saturated heterocycles. The number of nitrogens with one attached hydrogen (secondary N) is 1. The van der Waals surface area contributed by atoms with Gasteiger partial charge in [0, 0.05) is 29.4 Å². The van der Waals surface area contributed by atoms with Crippen LogP contribution in [0.5, 0.6) is 0 Å². The number of halogens is 1. The smallest absolute Gasteiger partial charge is 0.356 e. The van der Waals surface area contributed by atoms with Gasteiger partial charge in [0.05, 0.1) is 25.7 Å². The van der Waals surface area contributed by atoms with Crippen molar-refractivity contribution in [2.45, 2.75) is 0 Å². The monoisotopic (exact) mass is 416 g/mol. The van der Waals surface area contributed by atoms with E-state index in [2.05, 4.69) is 48.1 Å². The van der Waals surface area contributed by atoms with Crippen LogP contribution >= 0.6 is 15.9 Å². The first kappa shape index (κ1) is 17.0. The van der Waals surface area contributed by atoms with Crippen LogP contribution in [0.25, 0.3) is 22.2 Å². The number of methoxy groups -OCH3 is 1. The number of nitrogens with zero attached hydrogens (tertiary/aromatic N) is 3. The summed E-state index contributed by atoms with van der Waals surface area (Å²) in [6.45, 7) is 3.13. The fourth-order valence-electron chi connectivity index (χ4n) is 3.17. The Bertz CT molecular complexity index is 966. The molecule has 7 nitrogen and oxygen atoms in total. The molecule has 1 aliphatic heterocycles. The maximum atomic E-state index is 12.1. The molecule has 0 aliphatic carbocycles. The van der Waals surface area contributed by atoms with Gasteiger partial charge in [-0.1, -0.05) is 15.9 Å². The number of aromatic amines is 1. The van der Waals surface area contributed by atoms with Crippen LogP contribution in [0.15, 0.2) is 34.9 Å². The number of aromatic nitrogens is 3. The fraction of sp³-hybridized carbons (Fsp3) is 0.278. The topological polar surface area (TPSA) is 80.3 Å². The quantitative estimate of drug-likeness (QED) is 0.660. The van der Waals surface area contributed by atoms with Crippen LogP contribution < -0.4 is 4.90 Å². The highest BCUT2D eigenvalue weighted by Gasteiger charge is 2.20. The van der Waals surface area contributed by atoms with Gasteiger partial charge in [0.15, 0.2) is 11.3 Å². The van der Waals surface area contributed by atoms with E-state index in [1.165, 1.54) is 7.11 Å². The molecule has 3 aromatic rings. The zero-order valence-electron chi connectivity index (χ0n) is 14.2. The van der Waals surface area contributed by atoms with Crippen molar-refractivity contribution in [3.05, 3.63) is 40.6 Å². The standard InChI is InChI=1S/C18H17BrN4O3/c1-25-18(24)16-15-14(2-3-20-17(15)22-21-16)11-8-12(19)10-13(9-11)23-4-6-26-7-5-23/h2-3,8-10H,4-7H2,1H3,(H,20,21,22). The summed E-state index contributed by atoms with van der Waals surface area (Å²) in [5, 5.41) is 7.53. The third-order valence-corrected chi connectivity index (χ3v) is 4.87. The van der Waals surface area contributed by atoms with Gasteiger partial charge in [-0.2, -0.15) is 5.10 Å². The summed E-state index contributed by atoms with van der Waals surface area (Å²) < 4.78 is 11.3. The van der Waals surface area contributed by atoms with Gasteiger partial charge < -0.3 is 14.4 Å². The Hall–Kier alpha value is -2.45. The van der Waals surface area contributed by atoms with Crippen LogP contribution in [0.2, 0.25) is 0 Å². The van der Waals surface area contributed by atoms with Crippen molar-refractivity contribution in [3.63, 3.8) is 0 Å². The number of esters is 1. The van der Waals surface area contributed by atoms with Crippen LogP contribution in [-0.4, -0.2) is 54.6 Å². The van der Waals surface area contributed by atoms with Crippen molar-refractivity contribution >= 4 is 38.6 Å². The third-order valence-electron chi connectivity index (χ3n) is 4.41. The number of hydrogen-bond donors (Lipinski definition) is 1. The SMILES string of the molecule is COC(=O)c1[nH]nc2nccc(-c3cc(Br)cc(N4CCOCC4)c3)c12. The predicted molar refractivity (Wildman–Crippen MR) is 101 cm³/mol. The molecule has 3 heterocycles. The Morgan fingerprint density at radius 2 is 2.12 bits per heavy atom. The first-order valence-electron chi connectivity index (χ1n) is 8.22. The zero-order valence-corrected chi connectivity index (χ0v) is 15.7. The van der Waals surface area contributed by atoms with Crippen molar-refractivity contribution < 1.29 is 14.3 Å². The summed E-state index contributed by atoms with van der Waals surface area (Å²) >= 11 is 3.60. The Labute approximate surface area is 158 Å². The molecular formula is C18H17BrN4O3. The maximum absolute atomic E-state index is 12.1. The molecule has 0 saturated carbocycles. The third kappa shape index (κ3) is 3.06. The summed E-state index contributed by atoms with van der Waals surface area (Å²) in [7, 11) is 1.35. The number of carbonyl (C=O) groups is 1. The van der Waals surface area contributed by atoms with Gasteiger partial charge in [-0.25, -0.2) is 9.78 Å². The molecule has 1 fully saturated rings. The Kier molecular flexibility index (Phi) is 4.60. The van der Waals surface area contributed by atoms with Gasteiger partial charge in [-0.3, -0.25) is 5.10 Å². The molecule has 0 spiro atoms. The lowest BCUT2D eigenvalue weighted by atomic mass is 10.0. The van der Waals surface area contributed by atoms with E-state index in [-0.39, 0.29) is 0 Å². The van der Waals surface area contributed by atoms with Gasteiger partial charge in [0.25, 0.3) is 0 Å². The van der Waals surface area contributed by atoms with Crippen molar-refractivity contribution in [2.75, 3.05) is 38.3 Å². The summed E-state index contributed by atoms with van der Waals surface area (Å²) in [5.41, 5.74) is 3.74. The second-order valence-electron chi connectivity index (χ2n) is 5.94. The van der Waals surface area contributed by atoms with E-state index in [1.807, 2.05) is 12.1 Å². The number of benzene rings is 1. The van der Waals surface area contributed by atoms with Crippen LogP contribution in [0.4, 0.5) is 5.69 Å². The average molecular weight is 417 g/mol. The molecule has 26 heavy (non-hydrogen) atoms. The van der Waals surface area contributed by atoms with E-state index in [4.69, 9.17) is 9.47 Å². The van der Waals surface area contributed by atoms with E-state index < -0.39 is 5.97 Å². The predicted octanol–water partition coefficient (Wildman–Crippen LogP) is 3.01. The fourth-order valence-corrected chi connectivity index (χ4v) is 3.65. The number of carbonyl (C=O) groups excluding carboxylic acids is 1. The normalized spacial score (nSPS) is 14.6. The summed E-state index contributed by atoms with van der Waals surface area (Å²) in [6, 6.07) is 8.10. The van der Waals surface area contributed by atoms with Gasteiger partial charge >= 0.3 is 5.97 Å². The molecule has 0 unspecified atom stereocenters. The van der Waals surface area contributed by atoms with E-state index in [0.717, 1.165) is 47.6 Å². The molecule has 0 bridgehead atoms. The lowest BCUT2D eigenvalue weighted by Gasteiger charge is -2.29. The molecule has 0 radical (unpaired) electrons. The molecule has 0 atom stereocenters. The van der Waals surface area contributed by atoms with E-state index in [9.17, 15) is 4.79 Å². The first-order valence-corrected chi connectivity index (χ1v) is 9.01. The number of fused-ring (bicyclic) bond motifs is 1. The number of anilines is 1. The molecule has 0 amide bonds. The number of rotatable bonds is 3. The Balaban J connectivity index is 1.86. The lowest BCUT2D eigenvalue weighted by molar-refractivity contribution is 0.0596. The highest BCUT2D eigenvalue weighted by atomic mass is 79.9. The second kappa shape index (κ2) is 7.05. The number of hydrogen-bond acceptors (Lipinski definition) is 6. The van der Waals surface area contributed by atoms with Crippen molar-refractivity contribution in [2.24, 2.45) is 0 Å². The number of morpholine rings is 1. The van der Waals surface area contributed by atoms with E-state index in [1.54, 1.807) is 6.20 Å². The van der Waals surface area contributed by atoms with Crippen LogP contribution in [0.3, 0.4) is 0 Å². The highest BCUT2D eigenvalue weighted by Crippen LogP contribution is 2.34. The molecule has 134 valence electrons. The number of pyridine rings is 1. The molecular weight excluding hydrogens is 400 g/mol. The van der Waals surface area contributed by atoms with Gasteiger partial charge in [0.1, 0.15) is 0 Å². The minimum atomic E-state index is -0.467. The Morgan fingerprint density at radius 3 is 2.88 bits per heavy atom. The van der Waals surface area contributed by atoms with E-state index in [0.29, 0.717) is 16.7 Å². The van der Waals surface area contributed by atoms with E-state index >= 15 is 0 Å². The molecule has 4 rings (SSSR count). The number of H-pyrrole nitrogens is 1. The minimum Gasteiger partial charge on any atom is -0.464 e. The first-order chi connectivity index (χ1) is 12.7. The number of ether oxygens (including phenoxy) is 2. The Morgan fingerprint density at radius 1 is 1.31 bits per heavy atom. The highest BCUT2D eigenvalue weighted by molar-refractivity contribution is 9.10. The minimum absolute atomic E-state index is 0.304. The van der Waals surface area contributed by atoms with Crippen LogP contribution in [0, 0.1) is 0 Å². The maximum Gasteiger partial charge on any atom is 0.356 e. The molecule has 1 aliphatic rings. The molecule has 2 aromatic heterocycles. The van der Waals surface area contributed by atoms with Crippen LogP contribution in [-0.2, 0) is 9.47 Å². The van der Waals surface area contributed by atoms with Gasteiger partial charge in [-0.15, -0.1) is 0 Å². The largest absolute Gasteiger partial charge is 0.464 e. The molecule has 1 aromatic carbocycles. The van der Waals surface area contributed by atoms with Crippen LogP contribution in [0.1, 0.15) is 10.5 Å². The average Bonchev–Trinajstić information content (AvgIpc) is 3.12. The second-order valence-corrected chi connectivity index (χ2v) is 6.86. The summed E-state index contributed by atoms with van der Waals surface area (Å²) in [4.78, 5) is 18.6. The van der Waals surface area contributed by atoms with Crippen molar-refractivity contribution in [1.82, 2.24) is 15.2 Å². The summed E-state index contributed by atoms with van der Waals surface area (Å²) in [5.74, 6) is -0.467. The van der Waals surface area contributed by atoms with Gasteiger partial charge in [-0.05, 0) is 35.4 Å². The van der Waals surface area contributed by atoms with Crippen molar-refractivity contribution in [3.8, 4) is 11.1 Å². The molecule has 1 N–H and O–H groups in total. The zero-order chi connectivity index (χ0) is 18.1.